The van der Waals surface area contributed by atoms with Crippen molar-refractivity contribution in [2.24, 2.45) is 0 Å². The number of pyridine rings is 1. The number of nitrogens with zero attached hydrogens (tertiary/aromatic N) is 1. The molecule has 0 aromatic carbocycles. The van der Waals surface area contributed by atoms with Gasteiger partial charge in [-0.3, -0.25) is 0 Å². The zero-order chi connectivity index (χ0) is 14.4. The van der Waals surface area contributed by atoms with Gasteiger partial charge in [-0.2, -0.15) is 0 Å². The summed E-state index contributed by atoms with van der Waals surface area (Å²) >= 11 is 5.86. The number of aliphatic hydroxyl groups is 1. The van der Waals surface area contributed by atoms with Gasteiger partial charge in [-0.15, -0.1) is 0 Å². The largest absolute Gasteiger partial charge is 0.388 e. The second-order valence-corrected chi connectivity index (χ2v) is 5.65. The van der Waals surface area contributed by atoms with Crippen LogP contribution in [0.2, 0.25) is 5.15 Å². The second-order valence-electron chi connectivity index (χ2n) is 5.29. The minimum atomic E-state index is -0.785. The predicted molar refractivity (Wildman–Crippen MR) is 78.9 cm³/mol. The third-order valence-corrected chi connectivity index (χ3v) is 3.92. The Hall–Kier alpha value is -1.33. The maximum Gasteiger partial charge on any atom is 0.319 e. The molecule has 2 amide bonds. The molecule has 5 nitrogen and oxygen atoms in total. The Morgan fingerprint density at radius 1 is 1.35 bits per heavy atom. The molecule has 1 aromatic rings. The zero-order valence-corrected chi connectivity index (χ0v) is 12.1. The van der Waals surface area contributed by atoms with Crippen LogP contribution in [0.5, 0.6) is 0 Å². The van der Waals surface area contributed by atoms with Crippen molar-refractivity contribution in [3.05, 3.63) is 23.5 Å². The molecule has 1 heterocycles. The van der Waals surface area contributed by atoms with Gasteiger partial charge < -0.3 is 15.7 Å². The number of amides is 2. The lowest BCUT2D eigenvalue weighted by atomic mass is 9.95. The summed E-state index contributed by atoms with van der Waals surface area (Å²) in [5.41, 5.74) is -0.327. The Morgan fingerprint density at radius 3 is 2.70 bits per heavy atom. The first-order valence-corrected chi connectivity index (χ1v) is 7.35. The summed E-state index contributed by atoms with van der Waals surface area (Å²) in [5, 5.41) is 16.0. The zero-order valence-electron chi connectivity index (χ0n) is 11.4. The molecule has 0 spiro atoms. The number of halogens is 1. The van der Waals surface area contributed by atoms with Crippen LogP contribution in [0.25, 0.3) is 0 Å². The van der Waals surface area contributed by atoms with Gasteiger partial charge in [0.1, 0.15) is 0 Å². The predicted octanol–water partition coefficient (Wildman–Crippen LogP) is 2.94. The standard InChI is InChI=1S/C14H20ClN3O2/c15-12-11(6-5-9-16-12)18-13(19)17-10-14(20)7-3-1-2-4-8-14/h5-6,9,20H,1-4,7-8,10H2,(H2,17,18,19). The van der Waals surface area contributed by atoms with E-state index in [4.69, 9.17) is 11.6 Å². The number of nitrogens with one attached hydrogen (secondary N) is 2. The highest BCUT2D eigenvalue weighted by atomic mass is 35.5. The van der Waals surface area contributed by atoms with E-state index in [-0.39, 0.29) is 17.7 Å². The molecule has 0 bridgehead atoms. The molecule has 0 aliphatic heterocycles. The van der Waals surface area contributed by atoms with Crippen LogP contribution in [-0.4, -0.2) is 28.3 Å². The summed E-state index contributed by atoms with van der Waals surface area (Å²) in [6.45, 7) is 0.261. The Kier molecular flexibility index (Phi) is 5.20. The number of hydrogen-bond donors (Lipinski definition) is 3. The molecule has 0 unspecified atom stereocenters. The molecule has 1 saturated carbocycles. The fourth-order valence-corrected chi connectivity index (χ4v) is 2.62. The first kappa shape index (κ1) is 15.1. The van der Waals surface area contributed by atoms with Gasteiger partial charge in [0.2, 0.25) is 0 Å². The molecule has 0 saturated heterocycles. The topological polar surface area (TPSA) is 74.2 Å². The van der Waals surface area contributed by atoms with Crippen molar-refractivity contribution in [1.82, 2.24) is 10.3 Å². The van der Waals surface area contributed by atoms with E-state index in [1.807, 2.05) is 0 Å². The first-order chi connectivity index (χ1) is 9.59. The third kappa shape index (κ3) is 4.35. The van der Waals surface area contributed by atoms with Crippen LogP contribution in [0.3, 0.4) is 0 Å². The summed E-state index contributed by atoms with van der Waals surface area (Å²) in [7, 11) is 0. The van der Waals surface area contributed by atoms with Gasteiger partial charge in [0.05, 0.1) is 11.3 Å². The molecule has 0 radical (unpaired) electrons. The molecule has 2 rings (SSSR count). The van der Waals surface area contributed by atoms with Crippen LogP contribution < -0.4 is 10.6 Å². The smallest absolute Gasteiger partial charge is 0.319 e. The van der Waals surface area contributed by atoms with E-state index in [9.17, 15) is 9.90 Å². The lowest BCUT2D eigenvalue weighted by Gasteiger charge is -2.26. The van der Waals surface area contributed by atoms with E-state index in [0.29, 0.717) is 5.69 Å². The molecule has 20 heavy (non-hydrogen) atoms. The fraction of sp³-hybridized carbons (Fsp3) is 0.571. The summed E-state index contributed by atoms with van der Waals surface area (Å²) in [6.07, 6.45) is 7.35. The molecule has 1 aromatic heterocycles. The van der Waals surface area contributed by atoms with Gasteiger partial charge >= 0.3 is 6.03 Å². The quantitative estimate of drug-likeness (QED) is 0.593. The van der Waals surface area contributed by atoms with Gasteiger partial charge in [-0.1, -0.05) is 37.3 Å². The molecule has 110 valence electrons. The molecule has 3 N–H and O–H groups in total. The molecule has 6 heteroatoms. The summed E-state index contributed by atoms with van der Waals surface area (Å²) in [6, 6.07) is 2.99. The van der Waals surface area contributed by atoms with Crippen LogP contribution in [0.4, 0.5) is 10.5 Å². The van der Waals surface area contributed by atoms with E-state index < -0.39 is 5.60 Å². The van der Waals surface area contributed by atoms with E-state index in [1.54, 1.807) is 18.3 Å². The Bertz CT molecular complexity index is 459. The number of carbonyl (C=O) groups is 1. The molecular formula is C14H20ClN3O2. The molecule has 1 fully saturated rings. The van der Waals surface area contributed by atoms with Gasteiger partial charge in [-0.05, 0) is 25.0 Å². The average molecular weight is 298 g/mol. The minimum Gasteiger partial charge on any atom is -0.388 e. The molecule has 0 atom stereocenters. The van der Waals surface area contributed by atoms with Gasteiger partial charge in [0, 0.05) is 12.7 Å². The van der Waals surface area contributed by atoms with E-state index >= 15 is 0 Å². The number of aromatic nitrogens is 1. The molecule has 1 aliphatic carbocycles. The van der Waals surface area contributed by atoms with Crippen molar-refractivity contribution in [3.63, 3.8) is 0 Å². The van der Waals surface area contributed by atoms with Crippen LogP contribution in [-0.2, 0) is 0 Å². The van der Waals surface area contributed by atoms with E-state index in [0.717, 1.165) is 38.5 Å². The summed E-state index contributed by atoms with van der Waals surface area (Å²) in [4.78, 5) is 15.7. The average Bonchev–Trinajstić information content (AvgIpc) is 2.65. The normalized spacial score (nSPS) is 18.1. The minimum absolute atomic E-state index is 0.246. The van der Waals surface area contributed by atoms with Crippen LogP contribution in [0.1, 0.15) is 38.5 Å². The number of urea groups is 1. The van der Waals surface area contributed by atoms with Gasteiger partial charge in [0.15, 0.2) is 5.15 Å². The Labute approximate surface area is 123 Å². The number of anilines is 1. The van der Waals surface area contributed by atoms with Crippen molar-refractivity contribution in [1.29, 1.82) is 0 Å². The second kappa shape index (κ2) is 6.90. The van der Waals surface area contributed by atoms with Crippen LogP contribution in [0, 0.1) is 0 Å². The van der Waals surface area contributed by atoms with Gasteiger partial charge in [-0.25, -0.2) is 9.78 Å². The first-order valence-electron chi connectivity index (χ1n) is 6.97. The van der Waals surface area contributed by atoms with Crippen molar-refractivity contribution in [2.75, 3.05) is 11.9 Å². The Balaban J connectivity index is 1.84. The molecule has 1 aliphatic rings. The maximum absolute atomic E-state index is 11.8. The number of carbonyl (C=O) groups excluding carboxylic acids is 1. The molecular weight excluding hydrogens is 278 g/mol. The van der Waals surface area contributed by atoms with Crippen LogP contribution >= 0.6 is 11.6 Å². The highest BCUT2D eigenvalue weighted by Gasteiger charge is 2.28. The van der Waals surface area contributed by atoms with Crippen molar-refractivity contribution in [3.8, 4) is 0 Å². The van der Waals surface area contributed by atoms with Gasteiger partial charge in [0.25, 0.3) is 0 Å². The summed E-state index contributed by atoms with van der Waals surface area (Å²) < 4.78 is 0. The van der Waals surface area contributed by atoms with Crippen molar-refractivity contribution < 1.29 is 9.90 Å². The van der Waals surface area contributed by atoms with E-state index in [1.165, 1.54) is 0 Å². The lowest BCUT2D eigenvalue weighted by molar-refractivity contribution is 0.0281. The maximum atomic E-state index is 11.8. The monoisotopic (exact) mass is 297 g/mol. The number of hydrogen-bond acceptors (Lipinski definition) is 3. The third-order valence-electron chi connectivity index (χ3n) is 3.62. The van der Waals surface area contributed by atoms with E-state index in [2.05, 4.69) is 15.6 Å². The number of rotatable bonds is 3. The highest BCUT2D eigenvalue weighted by molar-refractivity contribution is 6.32. The Morgan fingerprint density at radius 2 is 2.05 bits per heavy atom. The van der Waals surface area contributed by atoms with Crippen molar-refractivity contribution >= 4 is 23.3 Å². The fourth-order valence-electron chi connectivity index (χ4n) is 2.45. The van der Waals surface area contributed by atoms with Crippen molar-refractivity contribution in [2.45, 2.75) is 44.1 Å². The lowest BCUT2D eigenvalue weighted by Crippen LogP contribution is -2.44. The SMILES string of the molecule is O=C(NCC1(O)CCCCCC1)Nc1cccnc1Cl. The van der Waals surface area contributed by atoms with Crippen LogP contribution in [0.15, 0.2) is 18.3 Å². The highest BCUT2D eigenvalue weighted by Crippen LogP contribution is 2.26. The summed E-state index contributed by atoms with van der Waals surface area (Å²) in [5.74, 6) is 0.